The summed E-state index contributed by atoms with van der Waals surface area (Å²) in [5.41, 5.74) is 2.85. The first-order valence-corrected chi connectivity index (χ1v) is 4.82. The molecule has 0 unspecified atom stereocenters. The zero-order valence-corrected chi connectivity index (χ0v) is 8.19. The highest BCUT2D eigenvalue weighted by atomic mass is 14.9. The molecule has 12 heavy (non-hydrogen) atoms. The first kappa shape index (κ1) is 9.37. The number of rotatable bonds is 3. The van der Waals surface area contributed by atoms with E-state index in [2.05, 4.69) is 25.7 Å². The maximum Gasteiger partial charge on any atom is 0.0326 e. The molecule has 0 atom stereocenters. The van der Waals surface area contributed by atoms with Crippen LogP contribution in [0.3, 0.4) is 0 Å². The van der Waals surface area contributed by atoms with Gasteiger partial charge in [0.15, 0.2) is 0 Å². The van der Waals surface area contributed by atoms with Crippen LogP contribution in [-0.2, 0) is 0 Å². The largest absolute Gasteiger partial charge is 0.385 e. The van der Waals surface area contributed by atoms with Crippen molar-refractivity contribution in [3.05, 3.63) is 23.9 Å². The van der Waals surface area contributed by atoms with Crippen molar-refractivity contribution in [1.82, 2.24) is 5.32 Å². The maximum absolute atomic E-state index is 3.82. The molecule has 0 aromatic carbocycles. The molecule has 0 aliphatic carbocycles. The highest BCUT2D eigenvalue weighted by Crippen LogP contribution is 2.22. The summed E-state index contributed by atoms with van der Waals surface area (Å²) in [6.07, 6.45) is 5.71. The Morgan fingerprint density at radius 2 is 2.33 bits per heavy atom. The van der Waals surface area contributed by atoms with Crippen molar-refractivity contribution in [1.29, 1.82) is 0 Å². The summed E-state index contributed by atoms with van der Waals surface area (Å²) in [5, 5.41) is 3.39. The molecule has 1 rings (SSSR count). The fourth-order valence-corrected chi connectivity index (χ4v) is 1.71. The first-order chi connectivity index (χ1) is 5.74. The van der Waals surface area contributed by atoms with Crippen molar-refractivity contribution in [2.45, 2.75) is 33.1 Å². The summed E-state index contributed by atoms with van der Waals surface area (Å²) in [4.78, 5) is 0. The van der Waals surface area contributed by atoms with E-state index in [0.717, 1.165) is 12.5 Å². The molecule has 0 fully saturated rings. The second-order valence-corrected chi connectivity index (χ2v) is 3.85. The van der Waals surface area contributed by atoms with Gasteiger partial charge in [0.2, 0.25) is 0 Å². The average Bonchev–Trinajstić information content (AvgIpc) is 2.04. The van der Waals surface area contributed by atoms with E-state index in [9.17, 15) is 0 Å². The van der Waals surface area contributed by atoms with Crippen molar-refractivity contribution in [2.24, 2.45) is 5.92 Å². The first-order valence-electron chi connectivity index (χ1n) is 4.82. The molecule has 1 heteroatoms. The molecule has 68 valence electrons. The van der Waals surface area contributed by atoms with Crippen molar-refractivity contribution in [3.63, 3.8) is 0 Å². The highest BCUT2D eigenvalue weighted by Gasteiger charge is 2.10. The topological polar surface area (TPSA) is 12.0 Å². The Balaban J connectivity index is 2.66. The van der Waals surface area contributed by atoms with E-state index in [0.29, 0.717) is 0 Å². The molecule has 0 saturated carbocycles. The van der Waals surface area contributed by atoms with Crippen LogP contribution in [-0.4, -0.2) is 6.54 Å². The van der Waals surface area contributed by atoms with Gasteiger partial charge in [0.25, 0.3) is 0 Å². The van der Waals surface area contributed by atoms with Crippen LogP contribution >= 0.6 is 0 Å². The van der Waals surface area contributed by atoms with E-state index in [1.54, 1.807) is 5.57 Å². The Labute approximate surface area is 75.6 Å². The molecular weight excluding hydrogens is 146 g/mol. The minimum atomic E-state index is 0.759. The Bertz CT molecular complexity index is 189. The lowest BCUT2D eigenvalue weighted by Crippen LogP contribution is -2.20. The molecule has 1 aliphatic rings. The molecule has 0 amide bonds. The summed E-state index contributed by atoms with van der Waals surface area (Å²) in [7, 11) is 0. The summed E-state index contributed by atoms with van der Waals surface area (Å²) in [5.74, 6) is 0.759. The van der Waals surface area contributed by atoms with E-state index in [-0.39, 0.29) is 0 Å². The minimum Gasteiger partial charge on any atom is -0.385 e. The summed E-state index contributed by atoms with van der Waals surface area (Å²) in [6, 6.07) is 0. The maximum atomic E-state index is 3.82. The van der Waals surface area contributed by atoms with Crippen LogP contribution in [0.4, 0.5) is 0 Å². The smallest absolute Gasteiger partial charge is 0.0326 e. The van der Waals surface area contributed by atoms with Gasteiger partial charge in [0.05, 0.1) is 0 Å². The van der Waals surface area contributed by atoms with Gasteiger partial charge in [0.1, 0.15) is 0 Å². The summed E-state index contributed by atoms with van der Waals surface area (Å²) < 4.78 is 0. The van der Waals surface area contributed by atoms with Crippen LogP contribution in [0.25, 0.3) is 0 Å². The van der Waals surface area contributed by atoms with E-state index in [4.69, 9.17) is 0 Å². The summed E-state index contributed by atoms with van der Waals surface area (Å²) in [6.45, 7) is 9.47. The van der Waals surface area contributed by atoms with Gasteiger partial charge in [-0.2, -0.15) is 0 Å². The Morgan fingerprint density at radius 1 is 1.58 bits per heavy atom. The third-order valence-electron chi connectivity index (χ3n) is 2.21. The average molecular weight is 165 g/mol. The zero-order chi connectivity index (χ0) is 8.97. The lowest BCUT2D eigenvalue weighted by atomic mass is 9.95. The SMILES string of the molecule is C=CC1=C(CC(C)C)CCCN1. The van der Waals surface area contributed by atoms with Gasteiger partial charge in [0, 0.05) is 12.2 Å². The van der Waals surface area contributed by atoms with Crippen molar-refractivity contribution < 1.29 is 0 Å². The van der Waals surface area contributed by atoms with Gasteiger partial charge in [-0.25, -0.2) is 0 Å². The molecule has 1 nitrogen and oxygen atoms in total. The second kappa shape index (κ2) is 4.34. The fourth-order valence-electron chi connectivity index (χ4n) is 1.71. The Hall–Kier alpha value is -0.720. The highest BCUT2D eigenvalue weighted by molar-refractivity contribution is 5.24. The molecule has 0 aromatic rings. The van der Waals surface area contributed by atoms with Gasteiger partial charge < -0.3 is 5.32 Å². The molecule has 0 aromatic heterocycles. The van der Waals surface area contributed by atoms with Crippen LogP contribution in [0.2, 0.25) is 0 Å². The monoisotopic (exact) mass is 165 g/mol. The predicted octanol–water partition coefficient (Wildman–Crippen LogP) is 2.86. The molecule has 0 spiro atoms. The van der Waals surface area contributed by atoms with Gasteiger partial charge >= 0.3 is 0 Å². The van der Waals surface area contributed by atoms with Crippen LogP contribution in [0, 0.1) is 5.92 Å². The van der Waals surface area contributed by atoms with Crippen LogP contribution < -0.4 is 5.32 Å². The Kier molecular flexibility index (Phi) is 3.39. The summed E-state index contributed by atoms with van der Waals surface area (Å²) >= 11 is 0. The minimum absolute atomic E-state index is 0.759. The Morgan fingerprint density at radius 3 is 2.92 bits per heavy atom. The van der Waals surface area contributed by atoms with Crippen molar-refractivity contribution in [3.8, 4) is 0 Å². The third kappa shape index (κ3) is 2.40. The zero-order valence-electron chi connectivity index (χ0n) is 8.19. The molecule has 0 saturated heterocycles. The van der Waals surface area contributed by atoms with Crippen molar-refractivity contribution >= 4 is 0 Å². The number of allylic oxidation sites excluding steroid dienone is 2. The lowest BCUT2D eigenvalue weighted by molar-refractivity contribution is 0.577. The van der Waals surface area contributed by atoms with Crippen molar-refractivity contribution in [2.75, 3.05) is 6.54 Å². The fraction of sp³-hybridized carbons (Fsp3) is 0.636. The quantitative estimate of drug-likeness (QED) is 0.678. The van der Waals surface area contributed by atoms with E-state index < -0.39 is 0 Å². The molecule has 1 aliphatic heterocycles. The number of hydrogen-bond acceptors (Lipinski definition) is 1. The third-order valence-corrected chi connectivity index (χ3v) is 2.21. The predicted molar refractivity (Wildman–Crippen MR) is 53.9 cm³/mol. The molecule has 0 bridgehead atoms. The van der Waals surface area contributed by atoms with Gasteiger partial charge in [-0.15, -0.1) is 0 Å². The van der Waals surface area contributed by atoms with Gasteiger partial charge in [-0.05, 0) is 36.8 Å². The van der Waals surface area contributed by atoms with Crippen LogP contribution in [0.1, 0.15) is 33.1 Å². The number of nitrogens with one attached hydrogen (secondary N) is 1. The molecule has 1 N–H and O–H groups in total. The standard InChI is InChI=1S/C11H19N/c1-4-11-10(8-9(2)3)6-5-7-12-11/h4,9,12H,1,5-8H2,2-3H3. The second-order valence-electron chi connectivity index (χ2n) is 3.85. The lowest BCUT2D eigenvalue weighted by Gasteiger charge is -2.21. The molecular formula is C11H19N. The molecule has 1 heterocycles. The number of hydrogen-bond donors (Lipinski definition) is 1. The van der Waals surface area contributed by atoms with E-state index in [1.807, 2.05) is 6.08 Å². The van der Waals surface area contributed by atoms with E-state index >= 15 is 0 Å². The van der Waals surface area contributed by atoms with Gasteiger partial charge in [-0.3, -0.25) is 0 Å². The van der Waals surface area contributed by atoms with E-state index in [1.165, 1.54) is 25.0 Å². The van der Waals surface area contributed by atoms with Gasteiger partial charge in [-0.1, -0.05) is 20.4 Å². The van der Waals surface area contributed by atoms with Crippen LogP contribution in [0.5, 0.6) is 0 Å². The molecule has 0 radical (unpaired) electrons. The normalized spacial score (nSPS) is 17.9. The van der Waals surface area contributed by atoms with Crippen LogP contribution in [0.15, 0.2) is 23.9 Å².